The average Bonchev–Trinajstić information content (AvgIpc) is 3.27. The second-order valence-corrected chi connectivity index (χ2v) is 10.4. The number of anilines is 2. The first-order valence-electron chi connectivity index (χ1n) is 10.9. The number of nitrogens with zero attached hydrogens (tertiary/aromatic N) is 3. The van der Waals surface area contributed by atoms with Crippen LogP contribution in [0, 0.1) is 25.7 Å². The van der Waals surface area contributed by atoms with Gasteiger partial charge in [-0.15, -0.1) is 11.3 Å². The van der Waals surface area contributed by atoms with Crippen LogP contribution < -0.4 is 5.32 Å². The van der Waals surface area contributed by atoms with E-state index in [0.29, 0.717) is 47.3 Å². The number of carbonyl (C=O) groups is 1. The average molecular weight is 487 g/mol. The number of hydrogen-bond donors (Lipinski definition) is 3. The topological polar surface area (TPSA) is 108 Å². The number of nitrogens with one attached hydrogen (secondary N) is 1. The monoisotopic (exact) mass is 486 g/mol. The van der Waals surface area contributed by atoms with Crippen LogP contribution in [0.1, 0.15) is 48.7 Å². The molecular weight excluding hydrogens is 460 g/mol. The molecule has 0 spiro atoms. The summed E-state index contributed by atoms with van der Waals surface area (Å²) in [7, 11) is 0. The number of aliphatic carboxylic acids is 1. The zero-order chi connectivity index (χ0) is 23.8. The lowest BCUT2D eigenvalue weighted by Crippen LogP contribution is -2.35. The van der Waals surface area contributed by atoms with Crippen molar-refractivity contribution in [2.24, 2.45) is 11.8 Å². The van der Waals surface area contributed by atoms with Crippen LogP contribution in [0.5, 0.6) is 0 Å². The lowest BCUT2D eigenvalue weighted by atomic mass is 9.74. The van der Waals surface area contributed by atoms with Gasteiger partial charge in [0, 0.05) is 12.4 Å². The number of thiazole rings is 1. The molecule has 3 aromatic rings. The zero-order valence-electron chi connectivity index (χ0n) is 18.8. The molecule has 0 saturated heterocycles. The minimum Gasteiger partial charge on any atom is -0.481 e. The Labute approximate surface area is 201 Å². The molecule has 1 fully saturated rings. The Morgan fingerprint density at radius 2 is 1.85 bits per heavy atom. The van der Waals surface area contributed by atoms with E-state index < -0.39 is 11.6 Å². The van der Waals surface area contributed by atoms with Gasteiger partial charge in [0.2, 0.25) is 0 Å². The Balaban J connectivity index is 1.54. The van der Waals surface area contributed by atoms with Crippen molar-refractivity contribution in [1.29, 1.82) is 0 Å². The van der Waals surface area contributed by atoms with Crippen LogP contribution in [0.2, 0.25) is 5.02 Å². The Kier molecular flexibility index (Phi) is 6.70. The van der Waals surface area contributed by atoms with Crippen LogP contribution in [-0.2, 0) is 10.4 Å². The van der Waals surface area contributed by atoms with Gasteiger partial charge in [0.15, 0.2) is 0 Å². The minimum atomic E-state index is -1.11. The van der Waals surface area contributed by atoms with Crippen LogP contribution in [0.25, 0.3) is 10.6 Å². The third-order valence-corrected chi connectivity index (χ3v) is 7.98. The maximum Gasteiger partial charge on any atom is 0.306 e. The van der Waals surface area contributed by atoms with Gasteiger partial charge in [-0.05, 0) is 81.7 Å². The highest BCUT2D eigenvalue weighted by molar-refractivity contribution is 7.15. The number of rotatable bonds is 6. The third kappa shape index (κ3) is 5.18. The van der Waals surface area contributed by atoms with Crippen LogP contribution in [0.4, 0.5) is 11.6 Å². The molecule has 7 nitrogen and oxygen atoms in total. The van der Waals surface area contributed by atoms with Gasteiger partial charge in [-0.2, -0.15) is 0 Å². The summed E-state index contributed by atoms with van der Waals surface area (Å²) < 4.78 is 0. The lowest BCUT2D eigenvalue weighted by molar-refractivity contribution is -0.144. The Morgan fingerprint density at radius 3 is 2.52 bits per heavy atom. The summed E-state index contributed by atoms with van der Waals surface area (Å²) in [5.41, 5.74) is 1.61. The molecule has 1 aliphatic rings. The predicted molar refractivity (Wildman–Crippen MR) is 130 cm³/mol. The van der Waals surface area contributed by atoms with Crippen LogP contribution in [-0.4, -0.2) is 31.1 Å². The summed E-state index contributed by atoms with van der Waals surface area (Å²) in [6.45, 7) is 5.70. The van der Waals surface area contributed by atoms with Gasteiger partial charge in [-0.1, -0.05) is 11.6 Å². The van der Waals surface area contributed by atoms with E-state index in [1.54, 1.807) is 19.3 Å². The molecule has 3 heterocycles. The Bertz CT molecular complexity index is 1170. The van der Waals surface area contributed by atoms with Gasteiger partial charge in [0.05, 0.1) is 21.5 Å². The first-order chi connectivity index (χ1) is 15.6. The summed E-state index contributed by atoms with van der Waals surface area (Å²) >= 11 is 7.49. The van der Waals surface area contributed by atoms with E-state index in [0.717, 1.165) is 21.7 Å². The fraction of sp³-hybridized carbons (Fsp3) is 0.417. The van der Waals surface area contributed by atoms with Gasteiger partial charge in [0.1, 0.15) is 22.2 Å². The number of pyridine rings is 2. The summed E-state index contributed by atoms with van der Waals surface area (Å²) in [4.78, 5) is 25.7. The molecule has 1 saturated carbocycles. The molecule has 174 valence electrons. The van der Waals surface area contributed by atoms with Crippen LogP contribution in [0.3, 0.4) is 0 Å². The van der Waals surface area contributed by atoms with E-state index in [4.69, 9.17) is 16.6 Å². The molecule has 0 bridgehead atoms. The van der Waals surface area contributed by atoms with Crippen LogP contribution in [0.15, 0.2) is 30.6 Å². The highest BCUT2D eigenvalue weighted by Gasteiger charge is 2.40. The maximum absolute atomic E-state index is 11.3. The first kappa shape index (κ1) is 23.6. The molecule has 4 rings (SSSR count). The molecule has 33 heavy (non-hydrogen) atoms. The highest BCUT2D eigenvalue weighted by atomic mass is 35.5. The van der Waals surface area contributed by atoms with Gasteiger partial charge < -0.3 is 15.5 Å². The summed E-state index contributed by atoms with van der Waals surface area (Å²) in [6.07, 6.45) is 5.86. The first-order valence-corrected chi connectivity index (χ1v) is 12.1. The SMILES string of the molecule is Cc1cc(Nc2cc(C)c(Cl)cn2)nc(-c2cnc(C(C)(O)C3CCC(C(=O)O)CC3)s2)c1. The molecule has 0 amide bonds. The number of aromatic nitrogens is 3. The summed E-state index contributed by atoms with van der Waals surface area (Å²) in [6, 6.07) is 5.79. The largest absolute Gasteiger partial charge is 0.481 e. The lowest BCUT2D eigenvalue weighted by Gasteiger charge is -2.35. The minimum absolute atomic E-state index is 0.0194. The standard InChI is InChI=1S/C24H27ClN4O3S/c1-13-8-18(28-21(9-13)29-20-10-14(2)17(25)11-26-20)19-12-27-23(33-19)24(3,32)16-6-4-15(5-7-16)22(30)31/h8-12,15-16,32H,4-7H2,1-3H3,(H,30,31)(H,26,28,29). The number of carboxylic acids is 1. The van der Waals surface area contributed by atoms with Crippen molar-refractivity contribution < 1.29 is 15.0 Å². The highest BCUT2D eigenvalue weighted by Crippen LogP contribution is 2.43. The molecular formula is C24H27ClN4O3S. The number of hydrogen-bond acceptors (Lipinski definition) is 7. The smallest absolute Gasteiger partial charge is 0.306 e. The zero-order valence-corrected chi connectivity index (χ0v) is 20.4. The summed E-state index contributed by atoms with van der Waals surface area (Å²) in [5.74, 6) is 0.238. The van der Waals surface area contributed by atoms with E-state index >= 15 is 0 Å². The van der Waals surface area contributed by atoms with Crippen LogP contribution >= 0.6 is 22.9 Å². The van der Waals surface area contributed by atoms with Gasteiger partial charge in [-0.25, -0.2) is 15.0 Å². The molecule has 1 unspecified atom stereocenters. The Hall–Kier alpha value is -2.55. The fourth-order valence-corrected chi connectivity index (χ4v) is 5.40. The summed E-state index contributed by atoms with van der Waals surface area (Å²) in [5, 5.41) is 25.0. The molecule has 3 aromatic heterocycles. The number of aryl methyl sites for hydroxylation is 2. The van der Waals surface area contributed by atoms with E-state index in [-0.39, 0.29) is 11.8 Å². The van der Waals surface area contributed by atoms with Gasteiger partial charge >= 0.3 is 5.97 Å². The molecule has 1 atom stereocenters. The van der Waals surface area contributed by atoms with Crippen molar-refractivity contribution >= 4 is 40.5 Å². The predicted octanol–water partition coefficient (Wildman–Crippen LogP) is 5.71. The molecule has 0 aliphatic heterocycles. The number of aliphatic hydroxyl groups is 1. The van der Waals surface area contributed by atoms with Crippen molar-refractivity contribution in [3.8, 4) is 10.6 Å². The van der Waals surface area contributed by atoms with Crippen molar-refractivity contribution in [1.82, 2.24) is 15.0 Å². The number of carboxylic acid groups (broad SMARTS) is 1. The molecule has 0 radical (unpaired) electrons. The Morgan fingerprint density at radius 1 is 1.12 bits per heavy atom. The van der Waals surface area contributed by atoms with Crippen molar-refractivity contribution in [2.45, 2.75) is 52.1 Å². The van der Waals surface area contributed by atoms with Crippen molar-refractivity contribution in [3.63, 3.8) is 0 Å². The molecule has 9 heteroatoms. The van der Waals surface area contributed by atoms with E-state index in [1.165, 1.54) is 11.3 Å². The molecule has 3 N–H and O–H groups in total. The molecule has 0 aromatic carbocycles. The molecule has 1 aliphatic carbocycles. The van der Waals surface area contributed by atoms with E-state index in [9.17, 15) is 15.0 Å². The third-order valence-electron chi connectivity index (χ3n) is 6.34. The normalized spacial score (nSPS) is 20.3. The van der Waals surface area contributed by atoms with Crippen molar-refractivity contribution in [3.05, 3.63) is 51.7 Å². The van der Waals surface area contributed by atoms with E-state index in [2.05, 4.69) is 15.3 Å². The quantitative estimate of drug-likeness (QED) is 0.409. The van der Waals surface area contributed by atoms with Gasteiger partial charge in [0.25, 0.3) is 0 Å². The van der Waals surface area contributed by atoms with Gasteiger partial charge in [-0.3, -0.25) is 4.79 Å². The number of halogens is 1. The second-order valence-electron chi connectivity index (χ2n) is 8.92. The van der Waals surface area contributed by atoms with E-state index in [1.807, 2.05) is 32.0 Å². The fourth-order valence-electron chi connectivity index (χ4n) is 4.30. The maximum atomic E-state index is 11.3. The second kappa shape index (κ2) is 9.37. The van der Waals surface area contributed by atoms with Crippen molar-refractivity contribution in [2.75, 3.05) is 5.32 Å².